The predicted molar refractivity (Wildman–Crippen MR) is 50.1 cm³/mol. The topological polar surface area (TPSA) is 33.0 Å². The molecule has 14 heavy (non-hydrogen) atoms. The van der Waals surface area contributed by atoms with Crippen molar-refractivity contribution in [3.8, 4) is 11.8 Å². The summed E-state index contributed by atoms with van der Waals surface area (Å²) >= 11 is 3.08. The summed E-state index contributed by atoms with van der Waals surface area (Å²) in [5, 5.41) is 8.46. The molecular formula is C9H6BrF2NO. The number of hydrogen-bond donors (Lipinski definition) is 0. The van der Waals surface area contributed by atoms with Crippen molar-refractivity contribution in [3.63, 3.8) is 0 Å². The monoisotopic (exact) mass is 261 g/mol. The van der Waals surface area contributed by atoms with Gasteiger partial charge in [0.15, 0.2) is 0 Å². The largest absolute Gasteiger partial charge is 0.433 e. The van der Waals surface area contributed by atoms with Crippen molar-refractivity contribution < 1.29 is 13.5 Å². The van der Waals surface area contributed by atoms with E-state index in [0.717, 1.165) is 0 Å². The molecule has 0 unspecified atom stereocenters. The van der Waals surface area contributed by atoms with Crippen LogP contribution in [0.15, 0.2) is 22.7 Å². The van der Waals surface area contributed by atoms with Gasteiger partial charge in [-0.2, -0.15) is 14.0 Å². The maximum Gasteiger partial charge on any atom is 0.387 e. The van der Waals surface area contributed by atoms with E-state index in [1.165, 1.54) is 0 Å². The van der Waals surface area contributed by atoms with Crippen LogP contribution in [-0.4, -0.2) is 6.61 Å². The number of benzene rings is 1. The van der Waals surface area contributed by atoms with Gasteiger partial charge in [-0.25, -0.2) is 0 Å². The highest BCUT2D eigenvalue weighted by molar-refractivity contribution is 9.10. The van der Waals surface area contributed by atoms with Crippen LogP contribution in [0.25, 0.3) is 0 Å². The molecule has 0 atom stereocenters. The lowest BCUT2D eigenvalue weighted by Gasteiger charge is -2.09. The van der Waals surface area contributed by atoms with Gasteiger partial charge in [0.05, 0.1) is 17.0 Å². The van der Waals surface area contributed by atoms with Crippen LogP contribution in [0.2, 0.25) is 0 Å². The van der Waals surface area contributed by atoms with Crippen LogP contribution >= 0.6 is 15.9 Å². The molecule has 0 saturated heterocycles. The molecule has 1 aromatic rings. The van der Waals surface area contributed by atoms with Gasteiger partial charge in [-0.3, -0.25) is 0 Å². The Morgan fingerprint density at radius 3 is 2.79 bits per heavy atom. The van der Waals surface area contributed by atoms with Crippen LogP contribution in [0, 0.1) is 11.3 Å². The predicted octanol–water partition coefficient (Wildman–Crippen LogP) is 3.12. The van der Waals surface area contributed by atoms with E-state index in [1.54, 1.807) is 18.2 Å². The average Bonchev–Trinajstić information content (AvgIpc) is 2.11. The van der Waals surface area contributed by atoms with Crippen molar-refractivity contribution >= 4 is 15.9 Å². The van der Waals surface area contributed by atoms with Crippen LogP contribution in [0.1, 0.15) is 5.56 Å². The van der Waals surface area contributed by atoms with E-state index < -0.39 is 6.61 Å². The van der Waals surface area contributed by atoms with Gasteiger partial charge >= 0.3 is 6.61 Å². The fourth-order valence-corrected chi connectivity index (χ4v) is 1.50. The molecule has 1 aromatic carbocycles. The highest BCUT2D eigenvalue weighted by atomic mass is 79.9. The van der Waals surface area contributed by atoms with E-state index in [1.807, 2.05) is 6.07 Å². The molecular weight excluding hydrogens is 256 g/mol. The Bertz CT molecular complexity index is 362. The summed E-state index contributed by atoms with van der Waals surface area (Å²) in [4.78, 5) is 0. The summed E-state index contributed by atoms with van der Waals surface area (Å²) < 4.78 is 28.7. The molecule has 74 valence electrons. The Morgan fingerprint density at radius 2 is 2.21 bits per heavy atom. The maximum absolute atomic E-state index is 12.0. The molecule has 0 spiro atoms. The normalized spacial score (nSPS) is 9.93. The minimum Gasteiger partial charge on any atom is -0.433 e. The Balaban J connectivity index is 3.03. The minimum atomic E-state index is -2.88. The second kappa shape index (κ2) is 4.91. The third kappa shape index (κ3) is 2.67. The lowest BCUT2D eigenvalue weighted by molar-refractivity contribution is -0.0508. The first-order valence-corrected chi connectivity index (χ1v) is 4.53. The van der Waals surface area contributed by atoms with Gasteiger partial charge in [-0.1, -0.05) is 12.1 Å². The molecule has 0 heterocycles. The zero-order valence-corrected chi connectivity index (χ0v) is 8.59. The number of nitrogens with zero attached hydrogens (tertiary/aromatic N) is 1. The van der Waals surface area contributed by atoms with E-state index in [9.17, 15) is 8.78 Å². The minimum absolute atomic E-state index is 0.0315. The molecule has 1 rings (SSSR count). The second-order valence-electron chi connectivity index (χ2n) is 2.44. The fraction of sp³-hybridized carbons (Fsp3) is 0.222. The number of hydrogen-bond acceptors (Lipinski definition) is 2. The zero-order chi connectivity index (χ0) is 10.6. The molecule has 0 amide bonds. The molecule has 0 aliphatic rings. The summed E-state index contributed by atoms with van der Waals surface area (Å²) in [6.07, 6.45) is 0.0431. The summed E-state index contributed by atoms with van der Waals surface area (Å²) in [6.45, 7) is -2.88. The molecule has 0 radical (unpaired) electrons. The van der Waals surface area contributed by atoms with Crippen LogP contribution < -0.4 is 4.74 Å². The van der Waals surface area contributed by atoms with Crippen LogP contribution in [-0.2, 0) is 6.42 Å². The van der Waals surface area contributed by atoms with E-state index in [0.29, 0.717) is 10.0 Å². The first-order chi connectivity index (χ1) is 6.65. The SMILES string of the molecule is N#CCc1cccc(Br)c1OC(F)F. The highest BCUT2D eigenvalue weighted by Gasteiger charge is 2.12. The third-order valence-electron chi connectivity index (χ3n) is 1.52. The van der Waals surface area contributed by atoms with Gasteiger partial charge in [-0.05, 0) is 22.0 Å². The Labute approximate surface area is 88.2 Å². The van der Waals surface area contributed by atoms with Gasteiger partial charge < -0.3 is 4.74 Å². The standard InChI is InChI=1S/C9H6BrF2NO/c10-7-3-1-2-6(4-5-13)8(7)14-9(11)12/h1-3,9H,4H2. The molecule has 0 aliphatic carbocycles. The van der Waals surface area contributed by atoms with E-state index in [2.05, 4.69) is 20.7 Å². The molecule has 0 saturated carbocycles. The molecule has 5 heteroatoms. The molecule has 0 aromatic heterocycles. The summed E-state index contributed by atoms with van der Waals surface area (Å²) in [7, 11) is 0. The van der Waals surface area contributed by atoms with Gasteiger partial charge in [0, 0.05) is 5.56 Å². The van der Waals surface area contributed by atoms with E-state index in [-0.39, 0.29) is 12.2 Å². The highest BCUT2D eigenvalue weighted by Crippen LogP contribution is 2.30. The number of halogens is 3. The molecule has 0 fully saturated rings. The van der Waals surface area contributed by atoms with Gasteiger partial charge in [0.1, 0.15) is 5.75 Å². The van der Waals surface area contributed by atoms with Crippen LogP contribution in [0.4, 0.5) is 8.78 Å². The van der Waals surface area contributed by atoms with Crippen molar-refractivity contribution in [2.75, 3.05) is 0 Å². The molecule has 0 aliphatic heterocycles. The van der Waals surface area contributed by atoms with Crippen molar-refractivity contribution in [1.29, 1.82) is 5.26 Å². The smallest absolute Gasteiger partial charge is 0.387 e. The lowest BCUT2D eigenvalue weighted by Crippen LogP contribution is -2.04. The quantitative estimate of drug-likeness (QED) is 0.838. The Hall–Kier alpha value is -1.15. The van der Waals surface area contributed by atoms with Gasteiger partial charge in [-0.15, -0.1) is 0 Å². The molecule has 0 bridgehead atoms. The number of rotatable bonds is 3. The maximum atomic E-state index is 12.0. The number of ether oxygens (including phenoxy) is 1. The Kier molecular flexibility index (Phi) is 3.84. The third-order valence-corrected chi connectivity index (χ3v) is 2.15. The number of alkyl halides is 2. The molecule has 2 nitrogen and oxygen atoms in total. The van der Waals surface area contributed by atoms with Crippen molar-refractivity contribution in [3.05, 3.63) is 28.2 Å². The lowest BCUT2D eigenvalue weighted by atomic mass is 10.1. The van der Waals surface area contributed by atoms with E-state index in [4.69, 9.17) is 5.26 Å². The zero-order valence-electron chi connectivity index (χ0n) is 7.01. The summed E-state index contributed by atoms with van der Waals surface area (Å²) in [5.41, 5.74) is 0.446. The van der Waals surface area contributed by atoms with Crippen molar-refractivity contribution in [1.82, 2.24) is 0 Å². The van der Waals surface area contributed by atoms with Gasteiger partial charge in [0.25, 0.3) is 0 Å². The van der Waals surface area contributed by atoms with Crippen molar-refractivity contribution in [2.24, 2.45) is 0 Å². The summed E-state index contributed by atoms with van der Waals surface area (Å²) in [6, 6.07) is 6.70. The number of para-hydroxylation sites is 1. The Morgan fingerprint density at radius 1 is 1.50 bits per heavy atom. The molecule has 0 N–H and O–H groups in total. The van der Waals surface area contributed by atoms with Crippen LogP contribution in [0.5, 0.6) is 5.75 Å². The first-order valence-electron chi connectivity index (χ1n) is 3.74. The number of nitriles is 1. The fourth-order valence-electron chi connectivity index (χ4n) is 0.999. The summed E-state index contributed by atoms with van der Waals surface area (Å²) in [5.74, 6) is 0.0315. The van der Waals surface area contributed by atoms with Crippen molar-refractivity contribution in [2.45, 2.75) is 13.0 Å². The second-order valence-corrected chi connectivity index (χ2v) is 3.30. The average molecular weight is 262 g/mol. The van der Waals surface area contributed by atoms with Crippen LogP contribution in [0.3, 0.4) is 0 Å². The van der Waals surface area contributed by atoms with Gasteiger partial charge in [0.2, 0.25) is 0 Å². The first kappa shape index (κ1) is 10.9. The van der Waals surface area contributed by atoms with E-state index >= 15 is 0 Å².